The van der Waals surface area contributed by atoms with Gasteiger partial charge in [0.1, 0.15) is 6.02 Å². The molecule has 78 valence electrons. The van der Waals surface area contributed by atoms with Crippen molar-refractivity contribution in [3.05, 3.63) is 0 Å². The van der Waals surface area contributed by atoms with Crippen LogP contribution in [0.4, 0.5) is 0 Å². The normalized spacial score (nSPS) is 19.0. The van der Waals surface area contributed by atoms with Crippen LogP contribution in [0.5, 0.6) is 0 Å². The topological polar surface area (TPSA) is 90.2 Å². The largest absolute Gasteiger partial charge is 0.480 e. The third-order valence-corrected chi connectivity index (χ3v) is 1.85. The van der Waals surface area contributed by atoms with Crippen LogP contribution in [0, 0.1) is 11.3 Å². The van der Waals surface area contributed by atoms with Crippen LogP contribution in [0.3, 0.4) is 0 Å². The van der Waals surface area contributed by atoms with Gasteiger partial charge in [-0.3, -0.25) is 4.79 Å². The molecule has 0 spiro atoms. The number of carbonyl (C=O) groups excluding carboxylic acids is 1. The Hall–Kier alpha value is -1.22. The standard InChI is InChI=1S/C8H12N2O3S/c1-6(11)10-7(8(12)13)5-14-4-2-3-9/h7H,2,4-5H2,1H3,(H,10,11)(H,12,13)/t7-/m0/s1/i5D,7D/hD/t5?,7-. The second kappa shape index (κ2) is 7.21. The highest BCUT2D eigenvalue weighted by molar-refractivity contribution is 7.99. The van der Waals surface area contributed by atoms with E-state index in [9.17, 15) is 9.59 Å². The Labute approximate surface area is 90.7 Å². The summed E-state index contributed by atoms with van der Waals surface area (Å²) in [4.78, 5) is 21.9. The molecule has 0 aliphatic rings. The highest BCUT2D eigenvalue weighted by atomic mass is 32.2. The maximum atomic E-state index is 10.9. The molecule has 2 atom stereocenters. The van der Waals surface area contributed by atoms with Crippen LogP contribution in [0.15, 0.2) is 0 Å². The SMILES string of the molecule is [2H]C(SCCC#N)[C@@]([2H])(C(=O)O)N([2H])C(C)=O. The Morgan fingerprint density at radius 1 is 1.93 bits per heavy atom. The molecule has 0 rings (SSSR count). The highest BCUT2D eigenvalue weighted by Gasteiger charge is 2.17. The van der Waals surface area contributed by atoms with Crippen LogP contribution in [0.2, 0.25) is 1.41 Å². The monoisotopic (exact) mass is 219 g/mol. The molecule has 0 aromatic carbocycles. The summed E-state index contributed by atoms with van der Waals surface area (Å²) in [6, 6.07) is -0.859. The van der Waals surface area contributed by atoms with Gasteiger partial charge in [-0.2, -0.15) is 17.0 Å². The quantitative estimate of drug-likeness (QED) is 0.624. The predicted molar refractivity (Wildman–Crippen MR) is 52.8 cm³/mol. The first-order chi connectivity index (χ1) is 7.78. The molecule has 0 saturated heterocycles. The van der Waals surface area contributed by atoms with E-state index < -0.39 is 23.6 Å². The molecule has 14 heavy (non-hydrogen) atoms. The summed E-state index contributed by atoms with van der Waals surface area (Å²) in [6.45, 7) is 0.950. The number of nitriles is 1. The van der Waals surface area contributed by atoms with Gasteiger partial charge < -0.3 is 10.4 Å². The minimum Gasteiger partial charge on any atom is -0.480 e. The number of hydrogen-bond acceptors (Lipinski definition) is 4. The lowest BCUT2D eigenvalue weighted by atomic mass is 10.3. The van der Waals surface area contributed by atoms with E-state index in [1.165, 1.54) is 0 Å². The van der Waals surface area contributed by atoms with Crippen LogP contribution in [-0.2, 0) is 9.59 Å². The molecule has 0 bridgehead atoms. The zero-order valence-electron chi connectivity index (χ0n) is 10.6. The van der Waals surface area contributed by atoms with Crippen LogP contribution in [-0.4, -0.2) is 34.5 Å². The molecule has 0 saturated carbocycles. The Bertz CT molecular complexity index is 349. The third kappa shape index (κ3) is 6.31. The van der Waals surface area contributed by atoms with Crippen molar-refractivity contribution < 1.29 is 18.8 Å². The molecule has 0 aromatic heterocycles. The fourth-order valence-electron chi connectivity index (χ4n) is 0.537. The van der Waals surface area contributed by atoms with Crippen LogP contribution >= 0.6 is 11.8 Å². The molecule has 1 amide bonds. The number of carboxylic acid groups (broad SMARTS) is 1. The van der Waals surface area contributed by atoms with Gasteiger partial charge in [-0.05, 0) is 0 Å². The molecular weight excluding hydrogens is 204 g/mol. The first kappa shape index (κ1) is 8.12. The molecule has 2 N–H and O–H groups in total. The van der Waals surface area contributed by atoms with Gasteiger partial charge in [-0.15, -0.1) is 0 Å². The molecule has 0 heterocycles. The molecule has 0 radical (unpaired) electrons. The van der Waals surface area contributed by atoms with Crippen LogP contribution in [0.1, 0.15) is 16.1 Å². The van der Waals surface area contributed by atoms with Gasteiger partial charge in [0.05, 0.1) is 7.44 Å². The fraction of sp³-hybridized carbons (Fsp3) is 0.625. The lowest BCUT2D eigenvalue weighted by Gasteiger charge is -2.11. The van der Waals surface area contributed by atoms with Crippen molar-refractivity contribution in [2.45, 2.75) is 19.4 Å². The lowest BCUT2D eigenvalue weighted by molar-refractivity contribution is -0.140. The number of thioether (sulfide) groups is 1. The molecule has 5 nitrogen and oxygen atoms in total. The Morgan fingerprint density at radius 2 is 2.57 bits per heavy atom. The third-order valence-electron chi connectivity index (χ3n) is 1.02. The number of rotatable bonds is 6. The summed E-state index contributed by atoms with van der Waals surface area (Å²) in [7, 11) is 0. The zero-order chi connectivity index (χ0) is 13.6. The zero-order valence-corrected chi connectivity index (χ0v) is 8.37. The first-order valence-electron chi connectivity index (χ1n) is 5.24. The second-order valence-corrected chi connectivity index (χ2v) is 3.20. The van der Waals surface area contributed by atoms with Gasteiger partial charge in [0.15, 0.2) is 1.41 Å². The Morgan fingerprint density at radius 3 is 3.00 bits per heavy atom. The van der Waals surface area contributed by atoms with E-state index in [4.69, 9.17) is 14.5 Å². The fourth-order valence-corrected chi connectivity index (χ4v) is 1.18. The number of aliphatic carboxylic acids is 1. The maximum Gasteiger partial charge on any atom is 0.327 e. The van der Waals surface area contributed by atoms with E-state index in [2.05, 4.69) is 0 Å². The van der Waals surface area contributed by atoms with Gasteiger partial charge in [-0.1, -0.05) is 0 Å². The van der Waals surface area contributed by atoms with Gasteiger partial charge in [0.2, 0.25) is 5.91 Å². The van der Waals surface area contributed by atoms with Crippen molar-refractivity contribution in [1.29, 1.82) is 5.26 Å². The van der Waals surface area contributed by atoms with Gasteiger partial charge in [-0.25, -0.2) is 4.79 Å². The first-order valence-corrected chi connectivity index (χ1v) is 4.77. The molecule has 0 aliphatic carbocycles. The van der Waals surface area contributed by atoms with E-state index >= 15 is 0 Å². The predicted octanol–water partition coefficient (Wildman–Crippen LogP) is 0.223. The summed E-state index contributed by atoms with van der Waals surface area (Å²) in [6.07, 6.45) is 0.105. The Balaban J connectivity index is 4.89. The molecule has 6 heteroatoms. The number of carboxylic acids is 1. The van der Waals surface area contributed by atoms with Crippen molar-refractivity contribution in [3.63, 3.8) is 0 Å². The second-order valence-electron chi connectivity index (χ2n) is 2.22. The average Bonchev–Trinajstić information content (AvgIpc) is 2.26. The number of nitrogens with one attached hydrogen (secondary N) is 1. The summed E-state index contributed by atoms with van der Waals surface area (Å²) < 4.78 is 22.3. The summed E-state index contributed by atoms with van der Waals surface area (Å²) >= 11 is 0.744. The summed E-state index contributed by atoms with van der Waals surface area (Å²) in [5, 5.41) is 17.1. The Kier molecular flexibility index (Phi) is 4.18. The summed E-state index contributed by atoms with van der Waals surface area (Å²) in [5.41, 5.74) is -1.56. The molecule has 0 aliphatic heterocycles. The lowest BCUT2D eigenvalue weighted by Crippen LogP contribution is -2.41. The number of nitrogens with zero attached hydrogens (tertiary/aromatic N) is 1. The van der Waals surface area contributed by atoms with Crippen molar-refractivity contribution in [1.82, 2.24) is 5.31 Å². The van der Waals surface area contributed by atoms with Crippen molar-refractivity contribution in [2.75, 3.05) is 11.5 Å². The minimum atomic E-state index is -2.67. The van der Waals surface area contributed by atoms with Crippen molar-refractivity contribution in [3.8, 4) is 6.07 Å². The highest BCUT2D eigenvalue weighted by Crippen LogP contribution is 2.04. The molecule has 1 unspecified atom stereocenters. The van der Waals surface area contributed by atoms with Gasteiger partial charge >= 0.3 is 5.97 Å². The van der Waals surface area contributed by atoms with Crippen molar-refractivity contribution >= 4 is 23.6 Å². The average molecular weight is 219 g/mol. The summed E-state index contributed by atoms with van der Waals surface area (Å²) in [5.74, 6) is -2.50. The number of carbonyl (C=O) groups is 2. The van der Waals surface area contributed by atoms with Gasteiger partial charge in [0.25, 0.3) is 0 Å². The van der Waals surface area contributed by atoms with Crippen LogP contribution < -0.4 is 5.31 Å². The maximum absolute atomic E-state index is 10.9. The van der Waals surface area contributed by atoms with E-state index in [0.29, 0.717) is 0 Å². The van der Waals surface area contributed by atoms with Crippen LogP contribution in [0.25, 0.3) is 0 Å². The van der Waals surface area contributed by atoms with Crippen molar-refractivity contribution in [2.24, 2.45) is 0 Å². The van der Waals surface area contributed by atoms with E-state index in [0.717, 1.165) is 18.7 Å². The minimum absolute atomic E-state index is 0.0353. The number of hydrogen-bond donors (Lipinski definition) is 2. The molecule has 0 fully saturated rings. The number of amides is 1. The van der Waals surface area contributed by atoms with Gasteiger partial charge in [0, 0.05) is 26.2 Å². The molecule has 0 aromatic rings. The van der Waals surface area contributed by atoms with E-state index in [-0.39, 0.29) is 17.5 Å². The molecular formula is C8H12N2O3S. The van der Waals surface area contributed by atoms with E-state index in [1.54, 1.807) is 0 Å². The smallest absolute Gasteiger partial charge is 0.327 e. The van der Waals surface area contributed by atoms with E-state index in [1.807, 2.05) is 6.07 Å².